The molecule has 6 heteroatoms. The Kier molecular flexibility index (Phi) is 2.63. The maximum Gasteiger partial charge on any atom is 0.157 e. The van der Waals surface area contributed by atoms with Crippen LogP contribution in [0.3, 0.4) is 0 Å². The Balaban J connectivity index is 1.47. The lowest BCUT2D eigenvalue weighted by Crippen LogP contribution is -2.61. The molecule has 0 radical (unpaired) electrons. The number of rotatable bonds is 2. The number of hydrogen-bond donors (Lipinski definition) is 1. The quantitative estimate of drug-likeness (QED) is 0.810. The molecule has 0 aliphatic carbocycles. The molecule has 0 saturated carbocycles. The first kappa shape index (κ1) is 11.2. The number of aromatic nitrogens is 3. The lowest BCUT2D eigenvalue weighted by molar-refractivity contribution is 0.137. The van der Waals surface area contributed by atoms with Gasteiger partial charge in [-0.25, -0.2) is 9.50 Å². The highest BCUT2D eigenvalue weighted by Crippen LogP contribution is 2.16. The van der Waals surface area contributed by atoms with Gasteiger partial charge in [0, 0.05) is 57.6 Å². The lowest BCUT2D eigenvalue weighted by atomic mass is 10.1. The standard InChI is InChI=1S/C13H18N6/c1-3-15-19-4-2-12(16-13(1)19)18-7-5-17(6-8-18)11-9-14-10-11/h1-4,11,14H,5-10H2. The molecule has 19 heavy (non-hydrogen) atoms. The van der Waals surface area contributed by atoms with E-state index in [1.807, 2.05) is 12.3 Å². The molecular formula is C13H18N6. The van der Waals surface area contributed by atoms with Gasteiger partial charge >= 0.3 is 0 Å². The fourth-order valence-corrected chi connectivity index (χ4v) is 2.83. The zero-order valence-electron chi connectivity index (χ0n) is 10.9. The molecule has 4 rings (SSSR count). The number of piperazine rings is 1. The third-order valence-electron chi connectivity index (χ3n) is 4.16. The summed E-state index contributed by atoms with van der Waals surface area (Å²) in [5.41, 5.74) is 0.920. The molecule has 100 valence electrons. The second-order valence-electron chi connectivity index (χ2n) is 5.25. The van der Waals surface area contributed by atoms with Crippen LogP contribution >= 0.6 is 0 Å². The highest BCUT2D eigenvalue weighted by Gasteiger charge is 2.27. The largest absolute Gasteiger partial charge is 0.354 e. The van der Waals surface area contributed by atoms with Crippen LogP contribution in [0.5, 0.6) is 0 Å². The average Bonchev–Trinajstić information content (AvgIpc) is 2.85. The number of fused-ring (bicyclic) bond motifs is 1. The minimum absolute atomic E-state index is 0.757. The molecule has 0 atom stereocenters. The van der Waals surface area contributed by atoms with E-state index in [1.165, 1.54) is 0 Å². The minimum Gasteiger partial charge on any atom is -0.354 e. The van der Waals surface area contributed by atoms with Crippen molar-refractivity contribution in [2.24, 2.45) is 0 Å². The number of nitrogens with zero attached hydrogens (tertiary/aromatic N) is 5. The average molecular weight is 258 g/mol. The molecule has 4 heterocycles. The number of nitrogens with one attached hydrogen (secondary N) is 1. The molecule has 0 spiro atoms. The van der Waals surface area contributed by atoms with E-state index in [2.05, 4.69) is 31.3 Å². The first-order chi connectivity index (χ1) is 9.40. The summed E-state index contributed by atoms with van der Waals surface area (Å²) in [6, 6.07) is 4.76. The van der Waals surface area contributed by atoms with Gasteiger partial charge in [0.05, 0.1) is 6.20 Å². The summed E-state index contributed by atoms with van der Waals surface area (Å²) >= 11 is 0. The van der Waals surface area contributed by atoms with E-state index in [0.717, 1.165) is 56.8 Å². The Morgan fingerprint density at radius 3 is 2.68 bits per heavy atom. The van der Waals surface area contributed by atoms with Crippen molar-refractivity contribution in [1.82, 2.24) is 24.8 Å². The molecule has 0 amide bonds. The summed E-state index contributed by atoms with van der Waals surface area (Å²) in [7, 11) is 0. The molecule has 6 nitrogen and oxygen atoms in total. The monoisotopic (exact) mass is 258 g/mol. The van der Waals surface area contributed by atoms with Gasteiger partial charge in [0.1, 0.15) is 5.82 Å². The number of anilines is 1. The van der Waals surface area contributed by atoms with Crippen LogP contribution in [0.2, 0.25) is 0 Å². The van der Waals surface area contributed by atoms with Crippen molar-refractivity contribution >= 4 is 11.5 Å². The smallest absolute Gasteiger partial charge is 0.157 e. The van der Waals surface area contributed by atoms with Crippen molar-refractivity contribution in [3.8, 4) is 0 Å². The third-order valence-corrected chi connectivity index (χ3v) is 4.16. The molecule has 2 aromatic heterocycles. The molecule has 0 bridgehead atoms. The third kappa shape index (κ3) is 1.97. The van der Waals surface area contributed by atoms with E-state index in [4.69, 9.17) is 0 Å². The number of hydrogen-bond acceptors (Lipinski definition) is 5. The Labute approximate surface area is 112 Å². The highest BCUT2D eigenvalue weighted by molar-refractivity contribution is 5.47. The zero-order chi connectivity index (χ0) is 12.7. The SMILES string of the molecule is c1cc2nc(N3CCN(C4CNC4)CC3)ccn2n1. The molecular weight excluding hydrogens is 240 g/mol. The van der Waals surface area contributed by atoms with Crippen molar-refractivity contribution in [3.05, 3.63) is 24.5 Å². The maximum absolute atomic E-state index is 4.66. The van der Waals surface area contributed by atoms with Crippen LogP contribution in [0.4, 0.5) is 5.82 Å². The minimum atomic E-state index is 0.757. The molecule has 2 aromatic rings. The summed E-state index contributed by atoms with van der Waals surface area (Å²) in [5.74, 6) is 1.07. The van der Waals surface area contributed by atoms with Gasteiger partial charge in [-0.15, -0.1) is 0 Å². The normalized spacial score (nSPS) is 21.8. The fraction of sp³-hybridized carbons (Fsp3) is 0.538. The molecule has 2 aliphatic rings. The van der Waals surface area contributed by atoms with Gasteiger partial charge in [-0.3, -0.25) is 4.90 Å². The van der Waals surface area contributed by atoms with Crippen LogP contribution < -0.4 is 10.2 Å². The maximum atomic E-state index is 4.66. The topological polar surface area (TPSA) is 48.7 Å². The van der Waals surface area contributed by atoms with Crippen LogP contribution in [0, 0.1) is 0 Å². The van der Waals surface area contributed by atoms with Crippen molar-refractivity contribution < 1.29 is 0 Å². The molecule has 2 aliphatic heterocycles. The molecule has 0 aromatic carbocycles. The summed E-state index contributed by atoms with van der Waals surface area (Å²) in [6.45, 7) is 6.71. The summed E-state index contributed by atoms with van der Waals surface area (Å²) in [5, 5.41) is 7.52. The Bertz CT molecular complexity index is 567. The van der Waals surface area contributed by atoms with E-state index in [9.17, 15) is 0 Å². The van der Waals surface area contributed by atoms with E-state index in [1.54, 1.807) is 10.7 Å². The Morgan fingerprint density at radius 2 is 1.95 bits per heavy atom. The van der Waals surface area contributed by atoms with Gasteiger partial charge in [-0.2, -0.15) is 5.10 Å². The molecule has 0 unspecified atom stereocenters. The second-order valence-corrected chi connectivity index (χ2v) is 5.25. The van der Waals surface area contributed by atoms with Crippen LogP contribution in [-0.2, 0) is 0 Å². The summed E-state index contributed by atoms with van der Waals surface area (Å²) < 4.78 is 1.81. The van der Waals surface area contributed by atoms with E-state index in [-0.39, 0.29) is 0 Å². The van der Waals surface area contributed by atoms with E-state index in [0.29, 0.717) is 0 Å². The second kappa shape index (κ2) is 4.47. The van der Waals surface area contributed by atoms with Crippen LogP contribution in [0.25, 0.3) is 5.65 Å². The Hall–Kier alpha value is -1.66. The van der Waals surface area contributed by atoms with Crippen molar-refractivity contribution in [3.63, 3.8) is 0 Å². The molecule has 2 saturated heterocycles. The summed E-state index contributed by atoms with van der Waals surface area (Å²) in [4.78, 5) is 9.62. The first-order valence-electron chi connectivity index (χ1n) is 6.90. The highest BCUT2D eigenvalue weighted by atomic mass is 15.3. The summed E-state index contributed by atoms with van der Waals surface area (Å²) in [6.07, 6.45) is 3.77. The van der Waals surface area contributed by atoms with E-state index < -0.39 is 0 Å². The van der Waals surface area contributed by atoms with Gasteiger partial charge < -0.3 is 10.2 Å². The van der Waals surface area contributed by atoms with Crippen LogP contribution in [-0.4, -0.2) is 64.8 Å². The Morgan fingerprint density at radius 1 is 1.11 bits per heavy atom. The van der Waals surface area contributed by atoms with Crippen LogP contribution in [0.15, 0.2) is 24.5 Å². The molecule has 1 N–H and O–H groups in total. The van der Waals surface area contributed by atoms with Crippen molar-refractivity contribution in [2.45, 2.75) is 6.04 Å². The van der Waals surface area contributed by atoms with Crippen LogP contribution in [0.1, 0.15) is 0 Å². The van der Waals surface area contributed by atoms with Crippen molar-refractivity contribution in [1.29, 1.82) is 0 Å². The van der Waals surface area contributed by atoms with E-state index >= 15 is 0 Å². The van der Waals surface area contributed by atoms with Gasteiger partial charge in [0.2, 0.25) is 0 Å². The fourth-order valence-electron chi connectivity index (χ4n) is 2.83. The van der Waals surface area contributed by atoms with Gasteiger partial charge in [0.15, 0.2) is 5.65 Å². The van der Waals surface area contributed by atoms with Gasteiger partial charge in [-0.05, 0) is 6.07 Å². The van der Waals surface area contributed by atoms with Gasteiger partial charge in [-0.1, -0.05) is 0 Å². The predicted molar refractivity (Wildman–Crippen MR) is 73.4 cm³/mol. The van der Waals surface area contributed by atoms with Crippen molar-refractivity contribution in [2.75, 3.05) is 44.2 Å². The molecule has 2 fully saturated rings. The zero-order valence-corrected chi connectivity index (χ0v) is 10.9. The first-order valence-corrected chi connectivity index (χ1v) is 6.90. The lowest BCUT2D eigenvalue weighted by Gasteiger charge is -2.43. The predicted octanol–water partition coefficient (Wildman–Crippen LogP) is -0.177. The van der Waals surface area contributed by atoms with Gasteiger partial charge in [0.25, 0.3) is 0 Å².